The molecule has 0 amide bonds. The van der Waals surface area contributed by atoms with Crippen LogP contribution in [-0.4, -0.2) is 52.1 Å². The van der Waals surface area contributed by atoms with Gasteiger partial charge in [-0.05, 0) is 127 Å². The Labute approximate surface area is 671 Å². The van der Waals surface area contributed by atoms with Crippen molar-refractivity contribution in [1.82, 2.24) is 19.1 Å². The third-order valence-electron chi connectivity index (χ3n) is 21.0. The van der Waals surface area contributed by atoms with Gasteiger partial charge in [0.25, 0.3) is 0 Å². The number of para-hydroxylation sites is 7. The second-order valence-electron chi connectivity index (χ2n) is 27.8. The zero-order valence-corrected chi connectivity index (χ0v) is 66.7. The van der Waals surface area contributed by atoms with Gasteiger partial charge in [-0.2, -0.15) is 103 Å². The fraction of sp³-hybridized carbons (Fsp3) is 0.0737. The molecule has 2 N–H and O–H groups in total. The standard InChI is InChI=1S/C50H38N4OSi.C45H36N4OSi.2Pt/c1-36(2)37-31-32-51-50(33-37)52-46-26-13-12-25-44(46)45-30-29-43(35-49(45)52)56(40-20-8-4-9-21-40,41-22-10-5-11-23-41)42-24-16-19-39(34-42)54-48-28-15-14-27-47(48)53(55-54)38-17-6-3-7-18-38;1-32(2)33-27-28-46-45(29-33)48-41-22-11-10-21-39(41)40-26-25-38(31-44(40)48)51(35-16-6-4-7-17-35,36-18-8-5-9-19-36)37-20-14-15-34(30-37)49-43-24-13-12-23-42(43)47(3)50-49;;/h3-33,36H,1-2H3;4-29,32H,1-3H3;;/q2*-2;;/p+2/i;3D3;;. The fourth-order valence-electron chi connectivity index (χ4n) is 15.9. The molecule has 538 valence electrons. The maximum absolute atomic E-state index is 8.23. The number of nitrogens with zero attached hydrogens (tertiary/aromatic N) is 8. The molecule has 4 aromatic heterocycles. The smallest absolute Gasteiger partial charge is 0.148 e. The minimum Gasteiger partial charge on any atom is -0.319 e. The zero-order valence-electron chi connectivity index (χ0n) is 63.2. The summed E-state index contributed by atoms with van der Waals surface area (Å²) < 4.78 is 29.2. The van der Waals surface area contributed by atoms with Crippen LogP contribution < -0.4 is 61.7 Å². The van der Waals surface area contributed by atoms with E-state index in [1.807, 2.05) is 71.1 Å². The molecule has 0 saturated carbocycles. The fourth-order valence-corrected chi connectivity index (χ4v) is 25.0. The molecule has 0 unspecified atom stereocenters. The number of rotatable bonds is 15. The molecule has 0 radical (unpaired) electrons. The van der Waals surface area contributed by atoms with E-state index in [1.165, 1.54) is 37.3 Å². The van der Waals surface area contributed by atoms with Crippen LogP contribution in [0.2, 0.25) is 0 Å². The summed E-state index contributed by atoms with van der Waals surface area (Å²) in [7, 11) is -6.28. The SMILES string of the molecule is CC(C)c1ccnc(-n2c3[c-]c([Si](c4[c-]c(N5[OH+]N(c6ccccc6)c6ccccc65)ccc4)(c4ccccc4)c4ccccc4)ccc3c3ccccc32)c1.[2H]C([2H])([2H])N1[OH+]N(c2[c-]c([Si](c3[c-]c4c(cc3)c3ccccc3n4-c3cc(C(C)C)ccn3)(c3ccccc3)c3ccccc3)ccc2)c2ccccc21.[Pt].[Pt]. The Balaban J connectivity index is 0.000000167. The van der Waals surface area contributed by atoms with Crippen molar-refractivity contribution < 1.29 is 56.1 Å². The topological polar surface area (TPSA) is 74.2 Å². The molecular weight excluding hydrogens is 1730 g/mol. The third-order valence-corrected chi connectivity index (χ3v) is 30.2. The maximum Gasteiger partial charge on any atom is 0.148 e. The zero-order chi connectivity index (χ0) is 74.7. The van der Waals surface area contributed by atoms with Crippen molar-refractivity contribution in [3.8, 4) is 11.6 Å². The Morgan fingerprint density at radius 3 is 1.11 bits per heavy atom. The normalized spacial score (nSPS) is 13.2. The van der Waals surface area contributed by atoms with Crippen LogP contribution in [-0.2, 0) is 42.1 Å². The summed E-state index contributed by atoms with van der Waals surface area (Å²) in [4.78, 5) is 19.7. The summed E-state index contributed by atoms with van der Waals surface area (Å²) in [6.45, 7) is 6.41. The van der Waals surface area contributed by atoms with E-state index in [2.05, 4.69) is 345 Å². The van der Waals surface area contributed by atoms with E-state index < -0.39 is 23.1 Å². The van der Waals surface area contributed by atoms with Crippen molar-refractivity contribution in [3.05, 3.63) is 381 Å². The number of hydroxylamine groups is 1. The number of aromatic nitrogens is 4. The van der Waals surface area contributed by atoms with Crippen LogP contribution >= 0.6 is 0 Å². The van der Waals surface area contributed by atoms with Crippen molar-refractivity contribution in [2.45, 2.75) is 39.5 Å². The molecule has 0 spiro atoms. The quantitative estimate of drug-likeness (QED) is 0.0441. The van der Waals surface area contributed by atoms with E-state index in [0.717, 1.165) is 98.4 Å². The maximum atomic E-state index is 8.23. The predicted octanol–water partition coefficient (Wildman–Crippen LogP) is 17.1. The van der Waals surface area contributed by atoms with Crippen molar-refractivity contribution in [2.24, 2.45) is 0 Å². The van der Waals surface area contributed by atoms with Gasteiger partial charge in [-0.1, -0.05) is 244 Å². The largest absolute Gasteiger partial charge is 0.319 e. The van der Waals surface area contributed by atoms with Gasteiger partial charge < -0.3 is 9.13 Å². The van der Waals surface area contributed by atoms with Crippen LogP contribution in [0.4, 0.5) is 39.8 Å². The van der Waals surface area contributed by atoms with Gasteiger partial charge in [0.05, 0.1) is 11.1 Å². The third kappa shape index (κ3) is 12.6. The Hall–Kier alpha value is -11.3. The van der Waals surface area contributed by atoms with Gasteiger partial charge in [0.2, 0.25) is 0 Å². The van der Waals surface area contributed by atoms with E-state index in [1.54, 1.807) is 11.1 Å². The van der Waals surface area contributed by atoms with Gasteiger partial charge in [0, 0.05) is 76.9 Å². The minimum absolute atomic E-state index is 0. The van der Waals surface area contributed by atoms with Crippen molar-refractivity contribution >= 4 is 141 Å². The van der Waals surface area contributed by atoms with Crippen LogP contribution in [0, 0.1) is 24.3 Å². The summed E-state index contributed by atoms with van der Waals surface area (Å²) in [6, 6.07) is 133. The predicted molar refractivity (Wildman–Crippen MR) is 446 cm³/mol. The first kappa shape index (κ1) is 68.2. The molecule has 109 heavy (non-hydrogen) atoms. The molecule has 14 heteroatoms. The molecule has 0 atom stereocenters. The van der Waals surface area contributed by atoms with Crippen molar-refractivity contribution in [1.29, 1.82) is 0 Å². The van der Waals surface area contributed by atoms with Gasteiger partial charge in [-0.15, -0.1) is 38.1 Å². The molecule has 17 aromatic rings. The van der Waals surface area contributed by atoms with Gasteiger partial charge in [0.15, 0.2) is 0 Å². The summed E-state index contributed by atoms with van der Waals surface area (Å²) in [5.41, 5.74) is 12.4. The van der Waals surface area contributed by atoms with E-state index in [0.29, 0.717) is 28.9 Å². The van der Waals surface area contributed by atoms with E-state index >= 15 is 0 Å². The first-order valence-electron chi connectivity index (χ1n) is 37.9. The van der Waals surface area contributed by atoms with Gasteiger partial charge in [0.1, 0.15) is 56.2 Å². The molecule has 0 bridgehead atoms. The summed E-state index contributed by atoms with van der Waals surface area (Å²) in [6.07, 6.45) is 3.83. The molecule has 2 aliphatic rings. The monoisotopic (exact) mass is 1810 g/mol. The minimum atomic E-state index is -3.18. The second-order valence-corrected chi connectivity index (χ2v) is 35.2. The Kier molecular flexibility index (Phi) is 19.0. The van der Waals surface area contributed by atoms with E-state index in [4.69, 9.17) is 19.0 Å². The average Bonchev–Trinajstić information content (AvgIpc) is 1.44. The molecule has 13 aromatic carbocycles. The Morgan fingerprint density at radius 1 is 0.330 bits per heavy atom. The number of benzene rings is 13. The molecule has 0 fully saturated rings. The molecule has 10 nitrogen and oxygen atoms in total. The number of fused-ring (bicyclic) bond motifs is 8. The molecule has 0 aliphatic carbocycles. The van der Waals surface area contributed by atoms with Crippen LogP contribution in [0.5, 0.6) is 0 Å². The van der Waals surface area contributed by atoms with Gasteiger partial charge in [-0.25, -0.2) is 9.97 Å². The average molecular weight is 1810 g/mol. The summed E-state index contributed by atoms with van der Waals surface area (Å²) >= 11 is 0. The number of anilines is 7. The van der Waals surface area contributed by atoms with Crippen molar-refractivity contribution in [2.75, 3.05) is 27.2 Å². The molecule has 2 aliphatic heterocycles. The van der Waals surface area contributed by atoms with Crippen LogP contribution in [0.25, 0.3) is 55.2 Å². The number of hydrogen-bond acceptors (Lipinski definition) is 6. The van der Waals surface area contributed by atoms with Crippen LogP contribution in [0.15, 0.2) is 346 Å². The molecule has 19 rings (SSSR count). The van der Waals surface area contributed by atoms with E-state index in [-0.39, 0.29) is 42.1 Å². The van der Waals surface area contributed by atoms with Crippen LogP contribution in [0.3, 0.4) is 0 Å². The van der Waals surface area contributed by atoms with Crippen molar-refractivity contribution in [3.63, 3.8) is 0 Å². The van der Waals surface area contributed by atoms with Gasteiger partial charge >= 0.3 is 0 Å². The van der Waals surface area contributed by atoms with E-state index in [9.17, 15) is 0 Å². The molecular formula is C95H76N8O2Pt2Si2-2. The Bertz CT molecular complexity index is 6180. The number of hydrogen-bond donors (Lipinski definition) is 0. The summed E-state index contributed by atoms with van der Waals surface area (Å²) in [5, 5.41) is 20.6. The number of pyridine rings is 2. The Morgan fingerprint density at radius 2 is 0.688 bits per heavy atom. The molecule has 0 saturated heterocycles. The molecule has 6 heterocycles. The second kappa shape index (κ2) is 30.4. The first-order chi connectivity index (χ1) is 53.9. The van der Waals surface area contributed by atoms with Crippen LogP contribution in [0.1, 0.15) is 54.8 Å². The first-order valence-corrected chi connectivity index (χ1v) is 40.4. The summed E-state index contributed by atoms with van der Waals surface area (Å²) in [5.74, 6) is 2.47. The van der Waals surface area contributed by atoms with Gasteiger partial charge in [-0.3, -0.25) is 0 Å².